The van der Waals surface area contributed by atoms with Crippen LogP contribution in [-0.4, -0.2) is 51.9 Å². The van der Waals surface area contributed by atoms with E-state index in [1.54, 1.807) is 12.5 Å². The maximum atomic E-state index is 13.3. The molecule has 1 aliphatic heterocycles. The van der Waals surface area contributed by atoms with E-state index in [2.05, 4.69) is 14.9 Å². The highest BCUT2D eigenvalue weighted by atomic mass is 19.4. The van der Waals surface area contributed by atoms with Crippen LogP contribution in [0.1, 0.15) is 33.2 Å². The van der Waals surface area contributed by atoms with Crippen LogP contribution in [0.3, 0.4) is 0 Å². The minimum Gasteiger partial charge on any atom is -0.347 e. The largest absolute Gasteiger partial charge is 0.416 e. The van der Waals surface area contributed by atoms with Crippen molar-refractivity contribution in [3.63, 3.8) is 0 Å². The average Bonchev–Trinajstić information content (AvgIpc) is 3.41. The second-order valence-corrected chi connectivity index (χ2v) is 8.78. The van der Waals surface area contributed by atoms with E-state index < -0.39 is 11.7 Å². The summed E-state index contributed by atoms with van der Waals surface area (Å²) in [5.41, 5.74) is 1.76. The van der Waals surface area contributed by atoms with Gasteiger partial charge < -0.3 is 9.88 Å². The van der Waals surface area contributed by atoms with Gasteiger partial charge in [0.05, 0.1) is 23.6 Å². The van der Waals surface area contributed by atoms with E-state index in [0.717, 1.165) is 34.2 Å². The van der Waals surface area contributed by atoms with Gasteiger partial charge in [0.25, 0.3) is 5.91 Å². The first kappa shape index (κ1) is 23.1. The van der Waals surface area contributed by atoms with E-state index in [1.165, 1.54) is 12.1 Å². The molecule has 0 saturated carbocycles. The summed E-state index contributed by atoms with van der Waals surface area (Å²) in [6, 6.07) is 18.9. The lowest BCUT2D eigenvalue weighted by molar-refractivity contribution is -0.137. The molecule has 4 aromatic rings. The molecule has 0 spiro atoms. The Labute approximate surface area is 201 Å². The summed E-state index contributed by atoms with van der Waals surface area (Å²) in [7, 11) is 0. The van der Waals surface area contributed by atoms with Crippen LogP contribution >= 0.6 is 0 Å². The SMILES string of the molecule is O=C(c1cccc2ccccc12)N1CCN(C(Cc2ccc(C(F)(F)F)cc2)c2cnc[nH]2)CC1. The Hall–Kier alpha value is -3.65. The second kappa shape index (κ2) is 9.54. The maximum Gasteiger partial charge on any atom is 0.416 e. The lowest BCUT2D eigenvalue weighted by Gasteiger charge is -2.39. The molecule has 0 aliphatic carbocycles. The number of aromatic nitrogens is 2. The summed E-state index contributed by atoms with van der Waals surface area (Å²) in [5, 5.41) is 1.98. The van der Waals surface area contributed by atoms with E-state index in [0.29, 0.717) is 38.2 Å². The van der Waals surface area contributed by atoms with Crippen LogP contribution in [0.4, 0.5) is 13.2 Å². The Morgan fingerprint density at radius 1 is 0.943 bits per heavy atom. The van der Waals surface area contributed by atoms with Gasteiger partial charge in [0.15, 0.2) is 0 Å². The number of imidazole rings is 1. The van der Waals surface area contributed by atoms with E-state index >= 15 is 0 Å². The number of nitrogens with zero attached hydrogens (tertiary/aromatic N) is 3. The van der Waals surface area contributed by atoms with Gasteiger partial charge in [0.2, 0.25) is 0 Å². The van der Waals surface area contributed by atoms with Gasteiger partial charge in [-0.2, -0.15) is 13.2 Å². The fraction of sp³-hybridized carbons (Fsp3) is 0.259. The summed E-state index contributed by atoms with van der Waals surface area (Å²) < 4.78 is 38.9. The van der Waals surface area contributed by atoms with Gasteiger partial charge in [-0.1, -0.05) is 48.5 Å². The van der Waals surface area contributed by atoms with Gasteiger partial charge in [0, 0.05) is 37.9 Å². The zero-order chi connectivity index (χ0) is 24.4. The quantitative estimate of drug-likeness (QED) is 0.422. The Bertz CT molecular complexity index is 1290. The van der Waals surface area contributed by atoms with E-state index in [1.807, 2.05) is 47.4 Å². The van der Waals surface area contributed by atoms with Crippen LogP contribution in [0.2, 0.25) is 0 Å². The lowest BCUT2D eigenvalue weighted by Crippen LogP contribution is -2.50. The molecule has 1 amide bonds. The standard InChI is InChI=1S/C27H25F3N4O/c28-27(29,30)21-10-8-19(9-11-21)16-25(24-17-31-18-32-24)33-12-14-34(15-13-33)26(35)23-7-3-5-20-4-1-2-6-22(20)23/h1-11,17-18,25H,12-16H2,(H,31,32). The van der Waals surface area contributed by atoms with Crippen LogP contribution in [0.25, 0.3) is 10.8 Å². The fourth-order valence-electron chi connectivity index (χ4n) is 4.76. The van der Waals surface area contributed by atoms with Crippen molar-refractivity contribution in [2.24, 2.45) is 0 Å². The normalized spacial score (nSPS) is 15.9. The van der Waals surface area contributed by atoms with Crippen molar-refractivity contribution >= 4 is 16.7 Å². The molecule has 1 N–H and O–H groups in total. The number of amides is 1. The first-order chi connectivity index (χ1) is 16.9. The van der Waals surface area contributed by atoms with Gasteiger partial charge in [-0.15, -0.1) is 0 Å². The first-order valence-corrected chi connectivity index (χ1v) is 11.6. The number of carbonyl (C=O) groups excluding carboxylic acids is 1. The van der Waals surface area contributed by atoms with Crippen molar-refractivity contribution in [3.05, 3.63) is 102 Å². The maximum absolute atomic E-state index is 13.3. The molecule has 1 saturated heterocycles. The molecule has 1 aromatic heterocycles. The Morgan fingerprint density at radius 3 is 2.34 bits per heavy atom. The van der Waals surface area contributed by atoms with Gasteiger partial charge in [-0.05, 0) is 41.0 Å². The Balaban J connectivity index is 1.30. The van der Waals surface area contributed by atoms with Crippen molar-refractivity contribution in [1.82, 2.24) is 19.8 Å². The monoisotopic (exact) mass is 478 g/mol. The van der Waals surface area contributed by atoms with Crippen LogP contribution in [0.15, 0.2) is 79.3 Å². The summed E-state index contributed by atoms with van der Waals surface area (Å²) in [6.45, 7) is 2.45. The van der Waals surface area contributed by atoms with Crippen molar-refractivity contribution in [1.29, 1.82) is 0 Å². The minimum atomic E-state index is -4.35. The Morgan fingerprint density at radius 2 is 1.66 bits per heavy atom. The number of H-pyrrole nitrogens is 1. The topological polar surface area (TPSA) is 52.2 Å². The van der Waals surface area contributed by atoms with Crippen molar-refractivity contribution in [2.45, 2.75) is 18.6 Å². The van der Waals surface area contributed by atoms with E-state index in [4.69, 9.17) is 0 Å². The number of nitrogens with one attached hydrogen (secondary N) is 1. The highest BCUT2D eigenvalue weighted by Crippen LogP contribution is 2.31. The number of piperazine rings is 1. The highest BCUT2D eigenvalue weighted by Gasteiger charge is 2.31. The van der Waals surface area contributed by atoms with Crippen LogP contribution < -0.4 is 0 Å². The molecular formula is C27H25F3N4O. The van der Waals surface area contributed by atoms with Crippen molar-refractivity contribution in [3.8, 4) is 0 Å². The molecule has 1 fully saturated rings. The third kappa shape index (κ3) is 4.93. The molecule has 8 heteroatoms. The minimum absolute atomic E-state index is 0.0160. The molecule has 3 aromatic carbocycles. The van der Waals surface area contributed by atoms with Gasteiger partial charge in [0.1, 0.15) is 0 Å². The van der Waals surface area contributed by atoms with E-state index in [9.17, 15) is 18.0 Å². The molecule has 2 heterocycles. The number of hydrogen-bond acceptors (Lipinski definition) is 3. The summed E-state index contributed by atoms with van der Waals surface area (Å²) >= 11 is 0. The number of aromatic amines is 1. The summed E-state index contributed by atoms with van der Waals surface area (Å²) in [5.74, 6) is 0.0160. The number of rotatable bonds is 5. The number of halogens is 3. The molecule has 5 rings (SSSR count). The zero-order valence-electron chi connectivity index (χ0n) is 19.0. The smallest absolute Gasteiger partial charge is 0.347 e. The van der Waals surface area contributed by atoms with Crippen LogP contribution in [0, 0.1) is 0 Å². The summed E-state index contributed by atoms with van der Waals surface area (Å²) in [4.78, 5) is 24.8. The number of carbonyl (C=O) groups is 1. The average molecular weight is 479 g/mol. The van der Waals surface area contributed by atoms with Crippen molar-refractivity contribution in [2.75, 3.05) is 26.2 Å². The summed E-state index contributed by atoms with van der Waals surface area (Å²) in [6.07, 6.45) is -0.455. The van der Waals surface area contributed by atoms with Gasteiger partial charge in [-0.3, -0.25) is 9.69 Å². The highest BCUT2D eigenvalue weighted by molar-refractivity contribution is 6.07. The number of hydrogen-bond donors (Lipinski definition) is 1. The molecule has 1 aliphatic rings. The number of fused-ring (bicyclic) bond motifs is 1. The molecule has 35 heavy (non-hydrogen) atoms. The lowest BCUT2D eigenvalue weighted by atomic mass is 9.99. The third-order valence-electron chi connectivity index (χ3n) is 6.65. The predicted molar refractivity (Wildman–Crippen MR) is 128 cm³/mol. The second-order valence-electron chi connectivity index (χ2n) is 8.78. The van der Waals surface area contributed by atoms with Crippen molar-refractivity contribution < 1.29 is 18.0 Å². The molecular weight excluding hydrogens is 453 g/mol. The molecule has 5 nitrogen and oxygen atoms in total. The third-order valence-corrected chi connectivity index (χ3v) is 6.65. The predicted octanol–water partition coefficient (Wildman–Crippen LogP) is 5.32. The molecule has 180 valence electrons. The van der Waals surface area contributed by atoms with E-state index in [-0.39, 0.29) is 11.9 Å². The molecule has 0 bridgehead atoms. The van der Waals surface area contributed by atoms with Gasteiger partial charge >= 0.3 is 6.18 Å². The van der Waals surface area contributed by atoms with Crippen LogP contribution in [0.5, 0.6) is 0 Å². The number of alkyl halides is 3. The fourth-order valence-corrected chi connectivity index (χ4v) is 4.76. The zero-order valence-corrected chi connectivity index (χ0v) is 19.0. The molecule has 1 unspecified atom stereocenters. The van der Waals surface area contributed by atoms with Gasteiger partial charge in [-0.25, -0.2) is 4.98 Å². The first-order valence-electron chi connectivity index (χ1n) is 11.6. The Kier molecular flexibility index (Phi) is 6.30. The molecule has 1 atom stereocenters. The molecule has 0 radical (unpaired) electrons. The van der Waals surface area contributed by atoms with Crippen LogP contribution in [-0.2, 0) is 12.6 Å². The number of benzene rings is 3.